The minimum absolute atomic E-state index is 0.449. The van der Waals surface area contributed by atoms with Crippen molar-refractivity contribution in [3.8, 4) is 0 Å². The molecule has 0 amide bonds. The Labute approximate surface area is 123 Å². The van der Waals surface area contributed by atoms with Crippen LogP contribution in [0.25, 0.3) is 0 Å². The third kappa shape index (κ3) is 3.04. The molecule has 0 heterocycles. The van der Waals surface area contributed by atoms with Crippen molar-refractivity contribution in [3.63, 3.8) is 0 Å². The van der Waals surface area contributed by atoms with Gasteiger partial charge in [0.2, 0.25) is 0 Å². The van der Waals surface area contributed by atoms with Crippen molar-refractivity contribution in [1.29, 1.82) is 0 Å². The van der Waals surface area contributed by atoms with Crippen LogP contribution < -0.4 is 5.73 Å². The molecule has 0 fully saturated rings. The maximum Gasteiger partial charge on any atom is 0.416 e. The summed E-state index contributed by atoms with van der Waals surface area (Å²) >= 11 is 3.42. The lowest BCUT2D eigenvalue weighted by Gasteiger charge is -2.17. The number of rotatable bonds is 2. The molecule has 0 aromatic heterocycles. The number of hydrogen-bond donors (Lipinski definition) is 1. The van der Waals surface area contributed by atoms with E-state index in [1.807, 2.05) is 25.1 Å². The summed E-state index contributed by atoms with van der Waals surface area (Å²) in [6.45, 7) is 1.92. The van der Waals surface area contributed by atoms with Gasteiger partial charge in [0, 0.05) is 4.47 Å². The van der Waals surface area contributed by atoms with E-state index in [1.165, 1.54) is 12.1 Å². The molecule has 0 saturated carbocycles. The highest BCUT2D eigenvalue weighted by Crippen LogP contribution is 2.31. The number of alkyl halides is 3. The zero-order valence-corrected chi connectivity index (χ0v) is 12.3. The lowest BCUT2D eigenvalue weighted by Crippen LogP contribution is -2.14. The van der Waals surface area contributed by atoms with Crippen LogP contribution in [0.1, 0.15) is 28.3 Å². The van der Waals surface area contributed by atoms with E-state index in [0.717, 1.165) is 27.7 Å². The minimum atomic E-state index is -4.33. The van der Waals surface area contributed by atoms with Gasteiger partial charge in [-0.25, -0.2) is 0 Å². The zero-order valence-electron chi connectivity index (χ0n) is 10.7. The first-order valence-corrected chi connectivity index (χ1v) is 6.77. The summed E-state index contributed by atoms with van der Waals surface area (Å²) < 4.78 is 38.5. The van der Waals surface area contributed by atoms with Gasteiger partial charge in [-0.1, -0.05) is 40.2 Å². The molecule has 0 bridgehead atoms. The summed E-state index contributed by atoms with van der Waals surface area (Å²) in [6, 6.07) is 10.2. The van der Waals surface area contributed by atoms with Crippen molar-refractivity contribution < 1.29 is 13.2 Å². The Morgan fingerprint density at radius 2 is 1.65 bits per heavy atom. The van der Waals surface area contributed by atoms with Crippen LogP contribution in [0.2, 0.25) is 0 Å². The van der Waals surface area contributed by atoms with Gasteiger partial charge < -0.3 is 5.73 Å². The minimum Gasteiger partial charge on any atom is -0.320 e. The zero-order chi connectivity index (χ0) is 14.9. The second-order valence-electron chi connectivity index (χ2n) is 4.55. The molecule has 106 valence electrons. The predicted octanol–water partition coefficient (Wildman–Crippen LogP) is 4.82. The van der Waals surface area contributed by atoms with Crippen molar-refractivity contribution in [2.75, 3.05) is 0 Å². The first-order chi connectivity index (χ1) is 9.30. The molecule has 2 aromatic rings. The predicted molar refractivity (Wildman–Crippen MR) is 76.4 cm³/mol. The van der Waals surface area contributed by atoms with Gasteiger partial charge >= 0.3 is 6.18 Å². The van der Waals surface area contributed by atoms with E-state index < -0.39 is 17.8 Å². The van der Waals surface area contributed by atoms with Gasteiger partial charge in [-0.15, -0.1) is 0 Å². The highest BCUT2D eigenvalue weighted by Gasteiger charge is 2.30. The molecular weight excluding hydrogens is 331 g/mol. The Morgan fingerprint density at radius 3 is 2.20 bits per heavy atom. The molecule has 0 aliphatic carbocycles. The molecule has 0 radical (unpaired) electrons. The second kappa shape index (κ2) is 5.58. The average Bonchev–Trinajstić information content (AvgIpc) is 2.40. The molecule has 0 spiro atoms. The largest absolute Gasteiger partial charge is 0.416 e. The number of halogens is 4. The van der Waals surface area contributed by atoms with E-state index in [1.54, 1.807) is 0 Å². The van der Waals surface area contributed by atoms with E-state index in [2.05, 4.69) is 15.9 Å². The van der Waals surface area contributed by atoms with Gasteiger partial charge in [0.1, 0.15) is 0 Å². The first kappa shape index (κ1) is 15.1. The van der Waals surface area contributed by atoms with Crippen LogP contribution in [-0.4, -0.2) is 0 Å². The van der Waals surface area contributed by atoms with E-state index >= 15 is 0 Å². The highest BCUT2D eigenvalue weighted by molar-refractivity contribution is 9.10. The van der Waals surface area contributed by atoms with Crippen molar-refractivity contribution in [2.45, 2.75) is 19.1 Å². The number of hydrogen-bond acceptors (Lipinski definition) is 1. The standard InChI is InChI=1S/C15H13BrF3N/c1-9-12(3-2-4-13(9)16)14(20)10-5-7-11(8-6-10)15(17,18)19/h2-8,14H,20H2,1H3. The van der Waals surface area contributed by atoms with Crippen LogP contribution in [0.15, 0.2) is 46.9 Å². The summed E-state index contributed by atoms with van der Waals surface area (Å²) in [5.41, 5.74) is 8.00. The van der Waals surface area contributed by atoms with E-state index in [-0.39, 0.29) is 0 Å². The molecule has 1 atom stereocenters. The van der Waals surface area contributed by atoms with Crippen LogP contribution in [0.5, 0.6) is 0 Å². The van der Waals surface area contributed by atoms with Crippen LogP contribution in [0, 0.1) is 6.92 Å². The van der Waals surface area contributed by atoms with E-state index in [0.29, 0.717) is 5.56 Å². The Morgan fingerprint density at radius 1 is 1.05 bits per heavy atom. The van der Waals surface area contributed by atoms with Crippen molar-refractivity contribution in [3.05, 3.63) is 69.2 Å². The fourth-order valence-corrected chi connectivity index (χ4v) is 2.40. The van der Waals surface area contributed by atoms with E-state index in [9.17, 15) is 13.2 Å². The van der Waals surface area contributed by atoms with Gasteiger partial charge in [0.05, 0.1) is 11.6 Å². The van der Waals surface area contributed by atoms with Crippen LogP contribution >= 0.6 is 15.9 Å². The van der Waals surface area contributed by atoms with Crippen LogP contribution in [0.4, 0.5) is 13.2 Å². The Bertz CT molecular complexity index is 606. The molecule has 0 aliphatic rings. The summed E-state index contributed by atoms with van der Waals surface area (Å²) in [4.78, 5) is 0. The van der Waals surface area contributed by atoms with Gasteiger partial charge in [-0.2, -0.15) is 13.2 Å². The SMILES string of the molecule is Cc1c(Br)cccc1C(N)c1ccc(C(F)(F)F)cc1. The molecule has 1 unspecified atom stereocenters. The topological polar surface area (TPSA) is 26.0 Å². The lowest BCUT2D eigenvalue weighted by molar-refractivity contribution is -0.137. The maximum absolute atomic E-state index is 12.5. The average molecular weight is 344 g/mol. The molecular formula is C15H13BrF3N. The van der Waals surface area contributed by atoms with Gasteiger partial charge in [-0.3, -0.25) is 0 Å². The fourth-order valence-electron chi connectivity index (χ4n) is 2.02. The van der Waals surface area contributed by atoms with E-state index in [4.69, 9.17) is 5.73 Å². The summed E-state index contributed by atoms with van der Waals surface area (Å²) in [6.07, 6.45) is -4.33. The molecule has 20 heavy (non-hydrogen) atoms. The summed E-state index contributed by atoms with van der Waals surface area (Å²) in [5.74, 6) is 0. The second-order valence-corrected chi connectivity index (χ2v) is 5.41. The van der Waals surface area contributed by atoms with Crippen molar-refractivity contribution in [1.82, 2.24) is 0 Å². The maximum atomic E-state index is 12.5. The number of nitrogens with two attached hydrogens (primary N) is 1. The van der Waals surface area contributed by atoms with Gasteiger partial charge in [0.25, 0.3) is 0 Å². The third-order valence-corrected chi connectivity index (χ3v) is 4.10. The smallest absolute Gasteiger partial charge is 0.320 e. The monoisotopic (exact) mass is 343 g/mol. The number of benzene rings is 2. The molecule has 0 saturated heterocycles. The fraction of sp³-hybridized carbons (Fsp3) is 0.200. The van der Waals surface area contributed by atoms with Crippen LogP contribution in [-0.2, 0) is 6.18 Å². The normalized spacial score (nSPS) is 13.3. The Kier molecular flexibility index (Phi) is 4.20. The van der Waals surface area contributed by atoms with Crippen molar-refractivity contribution in [2.24, 2.45) is 5.73 Å². The molecule has 1 nitrogen and oxygen atoms in total. The quantitative estimate of drug-likeness (QED) is 0.830. The summed E-state index contributed by atoms with van der Waals surface area (Å²) in [5, 5.41) is 0. The highest BCUT2D eigenvalue weighted by atomic mass is 79.9. The molecule has 0 aliphatic heterocycles. The Balaban J connectivity index is 2.34. The molecule has 2 aromatic carbocycles. The van der Waals surface area contributed by atoms with Crippen molar-refractivity contribution >= 4 is 15.9 Å². The lowest BCUT2D eigenvalue weighted by atomic mass is 9.95. The van der Waals surface area contributed by atoms with Gasteiger partial charge in [-0.05, 0) is 41.8 Å². The Hall–Kier alpha value is -1.33. The first-order valence-electron chi connectivity index (χ1n) is 5.98. The summed E-state index contributed by atoms with van der Waals surface area (Å²) in [7, 11) is 0. The molecule has 2 rings (SSSR count). The van der Waals surface area contributed by atoms with Gasteiger partial charge in [0.15, 0.2) is 0 Å². The van der Waals surface area contributed by atoms with Crippen LogP contribution in [0.3, 0.4) is 0 Å². The third-order valence-electron chi connectivity index (χ3n) is 3.24. The molecule has 5 heteroatoms. The molecule has 2 N–H and O–H groups in total.